The van der Waals surface area contributed by atoms with Gasteiger partial charge < -0.3 is 14.8 Å². The first-order valence-electron chi connectivity index (χ1n) is 9.21. The Morgan fingerprint density at radius 3 is 2.62 bits per heavy atom. The molecule has 0 aromatic heterocycles. The predicted molar refractivity (Wildman–Crippen MR) is 106 cm³/mol. The molecule has 0 atom stereocenters. The van der Waals surface area contributed by atoms with Gasteiger partial charge >= 0.3 is 0 Å². The van der Waals surface area contributed by atoms with Gasteiger partial charge in [-0.25, -0.2) is 12.8 Å². The lowest BCUT2D eigenvalue weighted by Gasteiger charge is -2.26. The number of morpholine rings is 1. The summed E-state index contributed by atoms with van der Waals surface area (Å²) in [4.78, 5) is 12.4. The summed E-state index contributed by atoms with van der Waals surface area (Å²) < 4.78 is 51.2. The molecule has 0 bridgehead atoms. The van der Waals surface area contributed by atoms with Crippen LogP contribution in [0.2, 0.25) is 0 Å². The molecule has 1 saturated heterocycles. The Labute approximate surface area is 169 Å². The molecule has 1 N–H and O–H groups in total. The molecule has 1 amide bonds. The normalized spacial score (nSPS) is 15.1. The summed E-state index contributed by atoms with van der Waals surface area (Å²) in [6.45, 7) is 1.24. The van der Waals surface area contributed by atoms with E-state index in [4.69, 9.17) is 9.47 Å². The minimum absolute atomic E-state index is 0.0462. The van der Waals surface area contributed by atoms with Crippen LogP contribution in [0.15, 0.2) is 47.4 Å². The first-order valence-corrected chi connectivity index (χ1v) is 10.6. The van der Waals surface area contributed by atoms with Gasteiger partial charge in [0.25, 0.3) is 0 Å². The Morgan fingerprint density at radius 1 is 1.21 bits per heavy atom. The zero-order chi connectivity index (χ0) is 20.9. The molecule has 0 radical (unpaired) electrons. The van der Waals surface area contributed by atoms with Gasteiger partial charge in [0.05, 0.1) is 30.9 Å². The number of sulfonamides is 1. The van der Waals surface area contributed by atoms with Crippen LogP contribution in [0.1, 0.15) is 12.0 Å². The standard InChI is InChI=1S/C20H23FN2O5S/c1-27-19-8-7-16(29(25,26)23-10-12-28-13-11-23)14-18(19)22-20(24)9-6-15-4-2-3-5-17(15)21/h2-5,7-8,14H,6,9-13H2,1H3,(H,22,24). The van der Waals surface area contributed by atoms with Crippen molar-refractivity contribution >= 4 is 21.6 Å². The molecule has 1 aliphatic heterocycles. The number of amides is 1. The first kappa shape index (κ1) is 21.2. The molecule has 156 valence electrons. The van der Waals surface area contributed by atoms with Crippen molar-refractivity contribution in [1.29, 1.82) is 0 Å². The minimum Gasteiger partial charge on any atom is -0.495 e. The van der Waals surface area contributed by atoms with Crippen LogP contribution in [0.5, 0.6) is 5.75 Å². The van der Waals surface area contributed by atoms with Crippen LogP contribution < -0.4 is 10.1 Å². The van der Waals surface area contributed by atoms with Crippen molar-refractivity contribution in [3.05, 3.63) is 53.8 Å². The molecular weight excluding hydrogens is 399 g/mol. The molecule has 1 aliphatic rings. The Bertz CT molecular complexity index is 975. The van der Waals surface area contributed by atoms with Crippen LogP contribution in [0.4, 0.5) is 10.1 Å². The van der Waals surface area contributed by atoms with Crippen molar-refractivity contribution in [3.63, 3.8) is 0 Å². The molecule has 0 unspecified atom stereocenters. The lowest BCUT2D eigenvalue weighted by molar-refractivity contribution is -0.116. The number of nitrogens with one attached hydrogen (secondary N) is 1. The Balaban J connectivity index is 1.75. The van der Waals surface area contributed by atoms with Crippen molar-refractivity contribution in [3.8, 4) is 5.75 Å². The molecule has 3 rings (SSSR count). The van der Waals surface area contributed by atoms with Crippen LogP contribution >= 0.6 is 0 Å². The second-order valence-electron chi connectivity index (χ2n) is 6.52. The number of hydrogen-bond donors (Lipinski definition) is 1. The molecule has 0 saturated carbocycles. The zero-order valence-corrected chi connectivity index (χ0v) is 16.9. The smallest absolute Gasteiger partial charge is 0.243 e. The Hall–Kier alpha value is -2.49. The number of nitrogens with zero attached hydrogens (tertiary/aromatic N) is 1. The van der Waals surface area contributed by atoms with Gasteiger partial charge in [0, 0.05) is 19.5 Å². The van der Waals surface area contributed by atoms with E-state index in [1.54, 1.807) is 18.2 Å². The number of halogens is 1. The SMILES string of the molecule is COc1ccc(S(=O)(=O)N2CCOCC2)cc1NC(=O)CCc1ccccc1F. The Kier molecular flexibility index (Phi) is 6.83. The number of carbonyl (C=O) groups excluding carboxylic acids is 1. The summed E-state index contributed by atoms with van der Waals surface area (Å²) in [7, 11) is -2.28. The highest BCUT2D eigenvalue weighted by Crippen LogP contribution is 2.29. The summed E-state index contributed by atoms with van der Waals surface area (Å²) in [5, 5.41) is 2.67. The molecule has 9 heteroatoms. The lowest BCUT2D eigenvalue weighted by atomic mass is 10.1. The van der Waals surface area contributed by atoms with Crippen LogP contribution in [0.25, 0.3) is 0 Å². The topological polar surface area (TPSA) is 84.9 Å². The lowest BCUT2D eigenvalue weighted by Crippen LogP contribution is -2.40. The molecule has 0 spiro atoms. The second kappa shape index (κ2) is 9.34. The van der Waals surface area contributed by atoms with Gasteiger partial charge in [0.2, 0.25) is 15.9 Å². The molecule has 1 heterocycles. The van der Waals surface area contributed by atoms with Crippen LogP contribution in [0, 0.1) is 5.82 Å². The number of hydrogen-bond acceptors (Lipinski definition) is 5. The fourth-order valence-electron chi connectivity index (χ4n) is 3.04. The maximum absolute atomic E-state index is 13.7. The van der Waals surface area contributed by atoms with Gasteiger partial charge in [0.15, 0.2) is 0 Å². The third-order valence-electron chi connectivity index (χ3n) is 4.63. The van der Waals surface area contributed by atoms with E-state index in [1.165, 1.54) is 35.7 Å². The molecule has 7 nitrogen and oxygen atoms in total. The van der Waals surface area contributed by atoms with Gasteiger partial charge in [-0.1, -0.05) is 18.2 Å². The largest absolute Gasteiger partial charge is 0.495 e. The van der Waals surface area contributed by atoms with E-state index in [0.29, 0.717) is 24.5 Å². The number of ether oxygens (including phenoxy) is 2. The number of rotatable bonds is 7. The summed E-state index contributed by atoms with van der Waals surface area (Å²) in [5.41, 5.74) is 0.693. The average molecular weight is 422 g/mol. The van der Waals surface area contributed by atoms with E-state index in [0.717, 1.165) is 0 Å². The van der Waals surface area contributed by atoms with Gasteiger partial charge in [-0.05, 0) is 36.2 Å². The highest BCUT2D eigenvalue weighted by Gasteiger charge is 2.27. The number of anilines is 1. The Morgan fingerprint density at radius 2 is 1.93 bits per heavy atom. The summed E-state index contributed by atoms with van der Waals surface area (Å²) in [5.74, 6) is -0.394. The van der Waals surface area contributed by atoms with Crippen LogP contribution in [-0.4, -0.2) is 52.0 Å². The van der Waals surface area contributed by atoms with Gasteiger partial charge in [-0.3, -0.25) is 4.79 Å². The average Bonchev–Trinajstić information content (AvgIpc) is 2.73. The number of aryl methyl sites for hydroxylation is 1. The first-order chi connectivity index (χ1) is 13.9. The van der Waals surface area contributed by atoms with E-state index in [-0.39, 0.29) is 48.2 Å². The van der Waals surface area contributed by atoms with Crippen LogP contribution in [0.3, 0.4) is 0 Å². The van der Waals surface area contributed by atoms with Crippen molar-refractivity contribution in [2.24, 2.45) is 0 Å². The van der Waals surface area contributed by atoms with E-state index in [9.17, 15) is 17.6 Å². The molecule has 1 fully saturated rings. The van der Waals surface area contributed by atoms with Gasteiger partial charge in [0.1, 0.15) is 11.6 Å². The fourth-order valence-corrected chi connectivity index (χ4v) is 4.48. The van der Waals surface area contributed by atoms with Crippen molar-refractivity contribution in [1.82, 2.24) is 4.31 Å². The minimum atomic E-state index is -3.71. The van der Waals surface area contributed by atoms with Gasteiger partial charge in [-0.2, -0.15) is 4.31 Å². The molecule has 2 aromatic carbocycles. The maximum atomic E-state index is 13.7. The van der Waals surface area contributed by atoms with E-state index in [2.05, 4.69) is 5.32 Å². The second-order valence-corrected chi connectivity index (χ2v) is 8.46. The predicted octanol–water partition coefficient (Wildman–Crippen LogP) is 2.43. The summed E-state index contributed by atoms with van der Waals surface area (Å²) in [6.07, 6.45) is 0.275. The quantitative estimate of drug-likeness (QED) is 0.741. The molecular formula is C20H23FN2O5S. The van der Waals surface area contributed by atoms with Crippen molar-refractivity contribution in [2.45, 2.75) is 17.7 Å². The van der Waals surface area contributed by atoms with Crippen molar-refractivity contribution in [2.75, 3.05) is 38.7 Å². The van der Waals surface area contributed by atoms with E-state index < -0.39 is 10.0 Å². The fraction of sp³-hybridized carbons (Fsp3) is 0.350. The zero-order valence-electron chi connectivity index (χ0n) is 16.1. The van der Waals surface area contributed by atoms with E-state index in [1.807, 2.05) is 0 Å². The highest BCUT2D eigenvalue weighted by molar-refractivity contribution is 7.89. The third-order valence-corrected chi connectivity index (χ3v) is 6.53. The number of carbonyl (C=O) groups is 1. The highest BCUT2D eigenvalue weighted by atomic mass is 32.2. The number of benzene rings is 2. The monoisotopic (exact) mass is 422 g/mol. The summed E-state index contributed by atoms with van der Waals surface area (Å²) in [6, 6.07) is 10.6. The van der Waals surface area contributed by atoms with Crippen LogP contribution in [-0.2, 0) is 26.0 Å². The summed E-state index contributed by atoms with van der Waals surface area (Å²) >= 11 is 0. The molecule has 29 heavy (non-hydrogen) atoms. The molecule has 0 aliphatic carbocycles. The third kappa shape index (κ3) is 5.11. The van der Waals surface area contributed by atoms with E-state index >= 15 is 0 Å². The number of methoxy groups -OCH3 is 1. The van der Waals surface area contributed by atoms with Crippen molar-refractivity contribution < 1.29 is 27.1 Å². The van der Waals surface area contributed by atoms with Gasteiger partial charge in [-0.15, -0.1) is 0 Å². The molecule has 2 aromatic rings. The maximum Gasteiger partial charge on any atom is 0.243 e.